The van der Waals surface area contributed by atoms with Gasteiger partial charge in [0.1, 0.15) is 6.10 Å². The minimum atomic E-state index is 0.230. The molecule has 1 aliphatic carbocycles. The van der Waals surface area contributed by atoms with Crippen molar-refractivity contribution >= 4 is 0 Å². The average Bonchev–Trinajstić information content (AvgIpc) is 2.49. The summed E-state index contributed by atoms with van der Waals surface area (Å²) in [5, 5.41) is 3.40. The molecule has 1 saturated carbocycles. The number of methoxy groups -OCH3 is 1. The standard InChI is InChI=1S/C16H26N2O2/c1-3-9-17-12-13-6-5-10-18-16(13)20-15-8-4-7-14(11-15)19-2/h5-6,10,14-15,17H,3-4,7-9,11-12H2,1-2H3. The molecule has 0 spiro atoms. The Morgan fingerprint density at radius 3 is 3.00 bits per heavy atom. The predicted octanol–water partition coefficient (Wildman–Crippen LogP) is 2.92. The van der Waals surface area contributed by atoms with Gasteiger partial charge in [-0.05, 0) is 38.3 Å². The molecule has 4 heteroatoms. The molecule has 0 aromatic carbocycles. The zero-order valence-electron chi connectivity index (χ0n) is 12.6. The fourth-order valence-electron chi connectivity index (χ4n) is 2.65. The van der Waals surface area contributed by atoms with Crippen molar-refractivity contribution in [1.82, 2.24) is 10.3 Å². The molecule has 1 fully saturated rings. The molecule has 20 heavy (non-hydrogen) atoms. The van der Waals surface area contributed by atoms with Gasteiger partial charge in [0, 0.05) is 31.8 Å². The van der Waals surface area contributed by atoms with E-state index in [-0.39, 0.29) is 6.10 Å². The summed E-state index contributed by atoms with van der Waals surface area (Å²) in [5.41, 5.74) is 1.14. The van der Waals surface area contributed by atoms with Crippen LogP contribution in [-0.2, 0) is 11.3 Å². The lowest BCUT2D eigenvalue weighted by atomic mass is 9.95. The van der Waals surface area contributed by atoms with Crippen LogP contribution in [0.15, 0.2) is 18.3 Å². The lowest BCUT2D eigenvalue weighted by molar-refractivity contribution is 0.0191. The second-order valence-corrected chi connectivity index (χ2v) is 5.41. The van der Waals surface area contributed by atoms with Crippen LogP contribution in [0, 0.1) is 0 Å². The van der Waals surface area contributed by atoms with Gasteiger partial charge in [0.05, 0.1) is 6.10 Å². The van der Waals surface area contributed by atoms with Crippen LogP contribution in [0.2, 0.25) is 0 Å². The number of nitrogens with zero attached hydrogens (tertiary/aromatic N) is 1. The molecule has 0 aliphatic heterocycles. The van der Waals surface area contributed by atoms with Crippen LogP contribution in [-0.4, -0.2) is 30.8 Å². The fourth-order valence-corrected chi connectivity index (χ4v) is 2.65. The Balaban J connectivity index is 1.94. The highest BCUT2D eigenvalue weighted by Gasteiger charge is 2.24. The van der Waals surface area contributed by atoms with Crippen LogP contribution in [0.3, 0.4) is 0 Å². The van der Waals surface area contributed by atoms with E-state index in [0.717, 1.165) is 50.2 Å². The molecule has 0 bridgehead atoms. The quantitative estimate of drug-likeness (QED) is 0.779. The first-order valence-electron chi connectivity index (χ1n) is 7.67. The third kappa shape index (κ3) is 4.46. The van der Waals surface area contributed by atoms with Crippen LogP contribution in [0.25, 0.3) is 0 Å². The minimum Gasteiger partial charge on any atom is -0.474 e. The highest BCUT2D eigenvalue weighted by Crippen LogP contribution is 2.25. The molecule has 0 amide bonds. The molecule has 0 radical (unpaired) electrons. The summed E-state index contributed by atoms with van der Waals surface area (Å²) >= 11 is 0. The number of aromatic nitrogens is 1. The zero-order valence-corrected chi connectivity index (χ0v) is 12.6. The molecular weight excluding hydrogens is 252 g/mol. The molecule has 1 N–H and O–H groups in total. The first-order chi connectivity index (χ1) is 9.83. The van der Waals surface area contributed by atoms with E-state index in [9.17, 15) is 0 Å². The van der Waals surface area contributed by atoms with E-state index in [0.29, 0.717) is 6.10 Å². The average molecular weight is 278 g/mol. The van der Waals surface area contributed by atoms with Crippen molar-refractivity contribution in [2.24, 2.45) is 0 Å². The fraction of sp³-hybridized carbons (Fsp3) is 0.688. The van der Waals surface area contributed by atoms with Crippen molar-refractivity contribution in [2.45, 2.75) is 57.8 Å². The number of pyridine rings is 1. The summed E-state index contributed by atoms with van der Waals surface area (Å²) in [6.45, 7) is 4.00. The number of nitrogens with one attached hydrogen (secondary N) is 1. The Labute approximate surface area is 121 Å². The van der Waals surface area contributed by atoms with Gasteiger partial charge in [0.25, 0.3) is 0 Å². The third-order valence-electron chi connectivity index (χ3n) is 3.78. The van der Waals surface area contributed by atoms with E-state index in [1.807, 2.05) is 6.07 Å². The van der Waals surface area contributed by atoms with Gasteiger partial charge < -0.3 is 14.8 Å². The van der Waals surface area contributed by atoms with Crippen molar-refractivity contribution in [3.8, 4) is 5.88 Å². The first kappa shape index (κ1) is 15.3. The second kappa shape index (κ2) is 8.22. The molecule has 2 unspecified atom stereocenters. The zero-order chi connectivity index (χ0) is 14.2. The van der Waals surface area contributed by atoms with E-state index >= 15 is 0 Å². The Bertz CT molecular complexity index is 398. The Kier molecular flexibility index (Phi) is 6.27. The minimum absolute atomic E-state index is 0.230. The van der Waals surface area contributed by atoms with Crippen LogP contribution in [0.4, 0.5) is 0 Å². The Morgan fingerprint density at radius 1 is 1.35 bits per heavy atom. The summed E-state index contributed by atoms with van der Waals surface area (Å²) in [6.07, 6.45) is 7.87. The molecule has 1 heterocycles. The highest BCUT2D eigenvalue weighted by molar-refractivity contribution is 5.25. The second-order valence-electron chi connectivity index (χ2n) is 5.41. The van der Waals surface area contributed by atoms with Gasteiger partial charge in [0.2, 0.25) is 5.88 Å². The van der Waals surface area contributed by atoms with E-state index in [1.165, 1.54) is 6.42 Å². The van der Waals surface area contributed by atoms with Gasteiger partial charge in [-0.1, -0.05) is 13.0 Å². The number of hydrogen-bond donors (Lipinski definition) is 1. The Morgan fingerprint density at radius 2 is 2.20 bits per heavy atom. The van der Waals surface area contributed by atoms with Crippen LogP contribution in [0.5, 0.6) is 5.88 Å². The first-order valence-corrected chi connectivity index (χ1v) is 7.67. The van der Waals surface area contributed by atoms with Crippen molar-refractivity contribution in [3.63, 3.8) is 0 Å². The van der Waals surface area contributed by atoms with Crippen molar-refractivity contribution in [3.05, 3.63) is 23.9 Å². The van der Waals surface area contributed by atoms with E-state index in [1.54, 1.807) is 13.3 Å². The van der Waals surface area contributed by atoms with Gasteiger partial charge >= 0.3 is 0 Å². The monoisotopic (exact) mass is 278 g/mol. The SMILES string of the molecule is CCCNCc1cccnc1OC1CCCC(OC)C1. The number of hydrogen-bond acceptors (Lipinski definition) is 4. The van der Waals surface area contributed by atoms with E-state index in [2.05, 4.69) is 23.3 Å². The predicted molar refractivity (Wildman–Crippen MR) is 79.9 cm³/mol. The van der Waals surface area contributed by atoms with Gasteiger partial charge in [-0.25, -0.2) is 4.98 Å². The molecule has 4 nitrogen and oxygen atoms in total. The summed E-state index contributed by atoms with van der Waals surface area (Å²) in [7, 11) is 1.79. The highest BCUT2D eigenvalue weighted by atomic mass is 16.5. The molecule has 0 saturated heterocycles. The van der Waals surface area contributed by atoms with Crippen molar-refractivity contribution in [2.75, 3.05) is 13.7 Å². The molecule has 1 aliphatic rings. The van der Waals surface area contributed by atoms with E-state index in [4.69, 9.17) is 9.47 Å². The maximum Gasteiger partial charge on any atom is 0.218 e. The summed E-state index contributed by atoms with van der Waals surface area (Å²) in [5.74, 6) is 0.776. The molecule has 2 rings (SSSR count). The smallest absolute Gasteiger partial charge is 0.218 e. The molecule has 112 valence electrons. The molecule has 1 aromatic rings. The summed E-state index contributed by atoms with van der Waals surface area (Å²) < 4.78 is 11.6. The summed E-state index contributed by atoms with van der Waals surface area (Å²) in [4.78, 5) is 4.40. The normalized spacial score (nSPS) is 22.7. The largest absolute Gasteiger partial charge is 0.474 e. The van der Waals surface area contributed by atoms with Gasteiger partial charge in [-0.3, -0.25) is 0 Å². The molecule has 2 atom stereocenters. The Hall–Kier alpha value is -1.13. The summed E-state index contributed by atoms with van der Waals surface area (Å²) in [6, 6.07) is 4.05. The number of rotatable bonds is 7. The van der Waals surface area contributed by atoms with Gasteiger partial charge in [-0.15, -0.1) is 0 Å². The van der Waals surface area contributed by atoms with Crippen LogP contribution >= 0.6 is 0 Å². The van der Waals surface area contributed by atoms with Crippen molar-refractivity contribution in [1.29, 1.82) is 0 Å². The lowest BCUT2D eigenvalue weighted by Crippen LogP contribution is -2.30. The maximum absolute atomic E-state index is 6.12. The van der Waals surface area contributed by atoms with E-state index < -0.39 is 0 Å². The van der Waals surface area contributed by atoms with Crippen LogP contribution in [0.1, 0.15) is 44.6 Å². The number of ether oxygens (including phenoxy) is 2. The topological polar surface area (TPSA) is 43.4 Å². The lowest BCUT2D eigenvalue weighted by Gasteiger charge is -2.28. The maximum atomic E-state index is 6.12. The van der Waals surface area contributed by atoms with Gasteiger partial charge in [-0.2, -0.15) is 0 Å². The van der Waals surface area contributed by atoms with Crippen LogP contribution < -0.4 is 10.1 Å². The third-order valence-corrected chi connectivity index (χ3v) is 3.78. The molecule has 1 aromatic heterocycles. The van der Waals surface area contributed by atoms with Crippen molar-refractivity contribution < 1.29 is 9.47 Å². The van der Waals surface area contributed by atoms with Gasteiger partial charge in [0.15, 0.2) is 0 Å². The molecular formula is C16H26N2O2.